The minimum absolute atomic E-state index is 0.0745. The maximum atomic E-state index is 11.4. The van der Waals surface area contributed by atoms with E-state index in [1.807, 2.05) is 55.4 Å². The van der Waals surface area contributed by atoms with E-state index in [-0.39, 0.29) is 52.1 Å². The fourth-order valence-corrected chi connectivity index (χ4v) is 9.83. The Labute approximate surface area is 251 Å². The molecule has 0 spiro atoms. The molecule has 0 aromatic rings. The summed E-state index contributed by atoms with van der Waals surface area (Å²) in [6, 6.07) is 0. The van der Waals surface area contributed by atoms with Gasteiger partial charge in [0.15, 0.2) is 0 Å². The highest BCUT2D eigenvalue weighted by Crippen LogP contribution is 2.67. The molecule has 0 aromatic carbocycles. The van der Waals surface area contributed by atoms with Gasteiger partial charge in [-0.1, -0.05) is 27.7 Å². The van der Waals surface area contributed by atoms with Crippen LogP contribution in [0, 0.1) is 34.5 Å². The van der Waals surface area contributed by atoms with Gasteiger partial charge in [0.2, 0.25) is 0 Å². The van der Waals surface area contributed by atoms with Crippen LogP contribution >= 0.6 is 0 Å². The van der Waals surface area contributed by atoms with E-state index in [2.05, 4.69) is 27.7 Å². The predicted octanol–water partition coefficient (Wildman–Crippen LogP) is 9.31. The van der Waals surface area contributed by atoms with E-state index in [9.17, 15) is 25.5 Å². The van der Waals surface area contributed by atoms with Crippen LogP contribution in [-0.2, 0) is 0 Å². The molecule has 1 fully saturated rings. The molecule has 0 aliphatic heterocycles. The molecule has 5 aliphatic rings. The molecule has 0 radical (unpaired) electrons. The van der Waals surface area contributed by atoms with Crippen LogP contribution in [0.2, 0.25) is 0 Å². The van der Waals surface area contributed by atoms with Crippen molar-refractivity contribution < 1.29 is 25.5 Å². The molecule has 5 nitrogen and oxygen atoms in total. The Morgan fingerprint density at radius 3 is 1.12 bits per heavy atom. The fourth-order valence-electron chi connectivity index (χ4n) is 9.83. The lowest BCUT2D eigenvalue weighted by atomic mass is 9.44. The Bertz CT molecular complexity index is 1370. The first kappa shape index (κ1) is 30.5. The highest BCUT2D eigenvalue weighted by molar-refractivity contribution is 5.69. The van der Waals surface area contributed by atoms with E-state index in [0.29, 0.717) is 0 Å². The third-order valence-electron chi connectivity index (χ3n) is 12.1. The van der Waals surface area contributed by atoms with Gasteiger partial charge in [0.05, 0.1) is 6.10 Å². The standard InChI is InChI=1S/C37H50O5/c1-15-13-24(14-36(10,11)35(15)42)37(12,29-25-16(2)31(38)18(4)26(29)19(5)32(39)17(25)3)30-27-20(6)33(40)22(8)28(30)23(9)34(41)21(27)7/h15,24,29-30,35,38-42H,13-14H2,1-12H3. The maximum absolute atomic E-state index is 11.4. The van der Waals surface area contributed by atoms with Crippen molar-refractivity contribution in [2.45, 2.75) is 102 Å². The molecule has 5 N–H and O–H groups in total. The summed E-state index contributed by atoms with van der Waals surface area (Å²) in [5.74, 6) is 0.978. The molecule has 5 heteroatoms. The fraction of sp³-hybridized carbons (Fsp3) is 0.568. The van der Waals surface area contributed by atoms with E-state index in [0.717, 1.165) is 79.7 Å². The number of aliphatic hydroxyl groups is 5. The zero-order chi connectivity index (χ0) is 31.5. The number of aliphatic hydroxyl groups excluding tert-OH is 5. The van der Waals surface area contributed by atoms with Gasteiger partial charge in [0, 0.05) is 11.8 Å². The molecular formula is C37H50O5. The lowest BCUT2D eigenvalue weighted by Crippen LogP contribution is -2.54. The molecule has 0 aromatic heterocycles. The quantitative estimate of drug-likeness (QED) is 0.231. The molecule has 228 valence electrons. The maximum Gasteiger partial charge on any atom is 0.122 e. The lowest BCUT2D eigenvalue weighted by molar-refractivity contribution is -0.0863. The summed E-state index contributed by atoms with van der Waals surface area (Å²) in [5, 5.41) is 56.9. The Morgan fingerprint density at radius 2 is 0.857 bits per heavy atom. The van der Waals surface area contributed by atoms with Gasteiger partial charge in [0.1, 0.15) is 23.0 Å². The summed E-state index contributed by atoms with van der Waals surface area (Å²) in [4.78, 5) is 0. The van der Waals surface area contributed by atoms with E-state index in [4.69, 9.17) is 0 Å². The van der Waals surface area contributed by atoms with Gasteiger partial charge in [-0.3, -0.25) is 0 Å². The van der Waals surface area contributed by atoms with Crippen molar-refractivity contribution in [3.8, 4) is 0 Å². The smallest absolute Gasteiger partial charge is 0.122 e. The lowest BCUT2D eigenvalue weighted by Gasteiger charge is -2.60. The number of hydrogen-bond donors (Lipinski definition) is 5. The van der Waals surface area contributed by atoms with E-state index >= 15 is 0 Å². The molecule has 3 atom stereocenters. The van der Waals surface area contributed by atoms with Crippen molar-refractivity contribution in [1.29, 1.82) is 0 Å². The van der Waals surface area contributed by atoms with Gasteiger partial charge in [-0.15, -0.1) is 0 Å². The highest BCUT2D eigenvalue weighted by Gasteiger charge is 2.60. The van der Waals surface area contributed by atoms with Crippen LogP contribution in [0.3, 0.4) is 0 Å². The SMILES string of the molecule is CC1=C(O)C(C)=C2C(C)=C(O)C(C)=C1C2C(C)(C1CC(C)C(O)C(C)(C)C1)C1C2=C(C)C(O)=C(C)C1=C(C)C(O)=C2C. The van der Waals surface area contributed by atoms with Crippen LogP contribution in [0.1, 0.15) is 95.9 Å². The van der Waals surface area contributed by atoms with Crippen LogP contribution < -0.4 is 0 Å². The summed E-state index contributed by atoms with van der Waals surface area (Å²) < 4.78 is 0. The van der Waals surface area contributed by atoms with Crippen LogP contribution in [0.4, 0.5) is 0 Å². The number of allylic oxidation sites excluding steroid dienone is 12. The average Bonchev–Trinajstić information content (AvgIpc) is 2.93. The monoisotopic (exact) mass is 574 g/mol. The van der Waals surface area contributed by atoms with Crippen LogP contribution in [0.5, 0.6) is 0 Å². The first-order valence-electron chi connectivity index (χ1n) is 15.5. The Hall–Kier alpha value is -2.92. The van der Waals surface area contributed by atoms with Gasteiger partial charge in [0.25, 0.3) is 0 Å². The van der Waals surface area contributed by atoms with Crippen molar-refractivity contribution in [3.05, 3.63) is 89.9 Å². The van der Waals surface area contributed by atoms with Gasteiger partial charge >= 0.3 is 0 Å². The second-order valence-electron chi connectivity index (χ2n) is 14.8. The molecule has 5 rings (SSSR count). The molecule has 3 unspecified atom stereocenters. The van der Waals surface area contributed by atoms with Crippen molar-refractivity contribution >= 4 is 0 Å². The third-order valence-corrected chi connectivity index (χ3v) is 12.1. The van der Waals surface area contributed by atoms with E-state index in [1.165, 1.54) is 0 Å². The molecule has 5 aliphatic carbocycles. The van der Waals surface area contributed by atoms with Gasteiger partial charge in [-0.25, -0.2) is 0 Å². The van der Waals surface area contributed by atoms with E-state index < -0.39 is 11.5 Å². The Morgan fingerprint density at radius 1 is 0.571 bits per heavy atom. The van der Waals surface area contributed by atoms with Crippen molar-refractivity contribution in [3.63, 3.8) is 0 Å². The second kappa shape index (κ2) is 9.54. The predicted molar refractivity (Wildman–Crippen MR) is 169 cm³/mol. The molecule has 0 amide bonds. The van der Waals surface area contributed by atoms with Gasteiger partial charge < -0.3 is 25.5 Å². The molecule has 0 heterocycles. The van der Waals surface area contributed by atoms with Crippen molar-refractivity contribution in [2.24, 2.45) is 34.5 Å². The van der Waals surface area contributed by atoms with Crippen molar-refractivity contribution in [1.82, 2.24) is 0 Å². The first-order chi connectivity index (χ1) is 19.3. The van der Waals surface area contributed by atoms with Crippen LogP contribution in [-0.4, -0.2) is 31.6 Å². The summed E-state index contributed by atoms with van der Waals surface area (Å²) in [5.41, 5.74) is 9.32. The summed E-state index contributed by atoms with van der Waals surface area (Å²) in [6.07, 6.45) is 1.19. The zero-order valence-electron chi connectivity index (χ0n) is 27.5. The molecule has 0 saturated heterocycles. The third kappa shape index (κ3) is 3.71. The first-order valence-corrected chi connectivity index (χ1v) is 15.5. The largest absolute Gasteiger partial charge is 0.507 e. The molecular weight excluding hydrogens is 524 g/mol. The average molecular weight is 575 g/mol. The molecule has 4 bridgehead atoms. The minimum atomic E-state index is -0.514. The normalized spacial score (nSPS) is 29.7. The minimum Gasteiger partial charge on any atom is -0.507 e. The van der Waals surface area contributed by atoms with E-state index in [1.54, 1.807) is 0 Å². The zero-order valence-corrected chi connectivity index (χ0v) is 27.5. The van der Waals surface area contributed by atoms with Crippen LogP contribution in [0.25, 0.3) is 0 Å². The summed E-state index contributed by atoms with van der Waals surface area (Å²) in [6.45, 7) is 24.5. The Balaban J connectivity index is 1.92. The van der Waals surface area contributed by atoms with Crippen molar-refractivity contribution in [2.75, 3.05) is 0 Å². The number of rotatable bonds is 3. The van der Waals surface area contributed by atoms with Gasteiger partial charge in [-0.05, 0) is 158 Å². The van der Waals surface area contributed by atoms with Crippen LogP contribution in [0.15, 0.2) is 89.9 Å². The Kier molecular flexibility index (Phi) is 6.94. The number of fused-ring (bicyclic) bond motifs is 4. The summed E-state index contributed by atoms with van der Waals surface area (Å²) >= 11 is 0. The topological polar surface area (TPSA) is 101 Å². The molecule has 1 saturated carbocycles. The second-order valence-corrected chi connectivity index (χ2v) is 14.8. The molecule has 42 heavy (non-hydrogen) atoms. The summed E-state index contributed by atoms with van der Waals surface area (Å²) in [7, 11) is 0. The number of hydrogen-bond acceptors (Lipinski definition) is 5. The highest BCUT2D eigenvalue weighted by atomic mass is 16.3. The van der Waals surface area contributed by atoms with Gasteiger partial charge in [-0.2, -0.15) is 0 Å².